The number of fused-ring (bicyclic) bond motifs is 1. The minimum absolute atomic E-state index is 0.172. The highest BCUT2D eigenvalue weighted by Gasteiger charge is 2.09. The van der Waals surface area contributed by atoms with Gasteiger partial charge in [-0.25, -0.2) is 0 Å². The average Bonchev–Trinajstić information content (AvgIpc) is 2.16. The van der Waals surface area contributed by atoms with Crippen LogP contribution in [0.3, 0.4) is 0 Å². The third-order valence-corrected chi connectivity index (χ3v) is 2.21. The summed E-state index contributed by atoms with van der Waals surface area (Å²) >= 11 is 0. The maximum absolute atomic E-state index is 10.7. The van der Waals surface area contributed by atoms with Crippen LogP contribution in [0.5, 0.6) is 0 Å². The van der Waals surface area contributed by atoms with E-state index < -0.39 is 0 Å². The molecular formula is C11H9NO2. The zero-order valence-corrected chi connectivity index (χ0v) is 7.73. The van der Waals surface area contributed by atoms with Gasteiger partial charge >= 0.3 is 0 Å². The highest BCUT2D eigenvalue weighted by molar-refractivity contribution is 5.91. The molecule has 0 N–H and O–H groups in total. The zero-order valence-electron chi connectivity index (χ0n) is 7.73. The lowest BCUT2D eigenvalue weighted by Crippen LogP contribution is -1.89. The lowest BCUT2D eigenvalue weighted by Gasteiger charge is -1.99. The van der Waals surface area contributed by atoms with Gasteiger partial charge in [0.2, 0.25) is 0 Å². The van der Waals surface area contributed by atoms with Gasteiger partial charge in [-0.15, -0.1) is 0 Å². The lowest BCUT2D eigenvalue weighted by molar-refractivity contribution is -0.383. The van der Waals surface area contributed by atoms with Gasteiger partial charge in [0.1, 0.15) is 0 Å². The molecule has 3 nitrogen and oxygen atoms in total. The number of nitro benzene ring substituents is 1. The summed E-state index contributed by atoms with van der Waals surface area (Å²) in [5, 5.41) is 12.3. The van der Waals surface area contributed by atoms with E-state index >= 15 is 0 Å². The third-order valence-electron chi connectivity index (χ3n) is 2.21. The van der Waals surface area contributed by atoms with Gasteiger partial charge in [0.05, 0.1) is 10.3 Å². The van der Waals surface area contributed by atoms with Crippen LogP contribution in [-0.2, 0) is 0 Å². The molecule has 0 heterocycles. The maximum atomic E-state index is 10.7. The van der Waals surface area contributed by atoms with Crippen molar-refractivity contribution in [1.29, 1.82) is 0 Å². The molecule has 0 aliphatic carbocycles. The van der Waals surface area contributed by atoms with E-state index in [1.807, 2.05) is 31.2 Å². The summed E-state index contributed by atoms with van der Waals surface area (Å²) in [5.41, 5.74) is 1.21. The highest BCUT2D eigenvalue weighted by atomic mass is 16.6. The van der Waals surface area contributed by atoms with E-state index in [4.69, 9.17) is 0 Å². The molecule has 0 radical (unpaired) electrons. The Labute approximate surface area is 81.1 Å². The van der Waals surface area contributed by atoms with Crippen LogP contribution in [0.4, 0.5) is 5.69 Å². The molecule has 0 unspecified atom stereocenters. The summed E-state index contributed by atoms with van der Waals surface area (Å²) in [4.78, 5) is 10.4. The first-order chi connectivity index (χ1) is 6.68. The predicted octanol–water partition coefficient (Wildman–Crippen LogP) is 3.06. The first-order valence-corrected chi connectivity index (χ1v) is 4.32. The molecule has 0 fully saturated rings. The molecule has 14 heavy (non-hydrogen) atoms. The quantitative estimate of drug-likeness (QED) is 0.508. The van der Waals surface area contributed by atoms with Gasteiger partial charge in [-0.05, 0) is 18.4 Å². The summed E-state index contributed by atoms with van der Waals surface area (Å²) in [5.74, 6) is 0. The molecule has 0 aliphatic heterocycles. The smallest absolute Gasteiger partial charge is 0.258 e. The van der Waals surface area contributed by atoms with E-state index in [-0.39, 0.29) is 10.6 Å². The van der Waals surface area contributed by atoms with E-state index in [2.05, 4.69) is 0 Å². The van der Waals surface area contributed by atoms with Crippen molar-refractivity contribution in [3.05, 3.63) is 52.1 Å². The summed E-state index contributed by atoms with van der Waals surface area (Å²) in [7, 11) is 0. The Kier molecular flexibility index (Phi) is 1.93. The van der Waals surface area contributed by atoms with E-state index in [0.29, 0.717) is 5.39 Å². The minimum Gasteiger partial charge on any atom is -0.258 e. The van der Waals surface area contributed by atoms with Crippen LogP contribution in [0, 0.1) is 17.0 Å². The Balaban J connectivity index is 2.84. The monoisotopic (exact) mass is 187 g/mol. The molecule has 0 aliphatic rings. The van der Waals surface area contributed by atoms with E-state index in [1.54, 1.807) is 6.07 Å². The fourth-order valence-electron chi connectivity index (χ4n) is 1.53. The molecule has 0 amide bonds. The standard InChI is InChI=1S/C11H9NO2/c1-8-5-6-9-3-2-4-11(12(13)14)10(9)7-8/h2-7H,1H3. The molecule has 70 valence electrons. The number of non-ortho nitro benzene ring substituents is 1. The van der Waals surface area contributed by atoms with Crippen LogP contribution in [0.15, 0.2) is 36.4 Å². The minimum atomic E-state index is -0.345. The lowest BCUT2D eigenvalue weighted by atomic mass is 10.1. The number of nitrogens with zero attached hydrogens (tertiary/aromatic N) is 1. The topological polar surface area (TPSA) is 43.1 Å². The summed E-state index contributed by atoms with van der Waals surface area (Å²) in [6.07, 6.45) is 0. The maximum Gasteiger partial charge on any atom is 0.277 e. The molecule has 0 bridgehead atoms. The second kappa shape index (κ2) is 3.10. The Bertz CT molecular complexity index is 506. The number of benzene rings is 2. The van der Waals surface area contributed by atoms with Gasteiger partial charge in [0, 0.05) is 6.07 Å². The third kappa shape index (κ3) is 1.33. The van der Waals surface area contributed by atoms with Crippen molar-refractivity contribution in [3.63, 3.8) is 0 Å². The van der Waals surface area contributed by atoms with Crippen molar-refractivity contribution in [2.75, 3.05) is 0 Å². The molecule has 2 rings (SSSR count). The van der Waals surface area contributed by atoms with Crippen molar-refractivity contribution in [3.8, 4) is 0 Å². The second-order valence-electron chi connectivity index (χ2n) is 3.26. The number of hydrogen-bond acceptors (Lipinski definition) is 2. The molecular weight excluding hydrogens is 178 g/mol. The molecule has 0 aromatic heterocycles. The molecule has 2 aromatic carbocycles. The summed E-state index contributed by atoms with van der Waals surface area (Å²) in [6, 6.07) is 10.8. The molecule has 2 aromatic rings. The highest BCUT2D eigenvalue weighted by Crippen LogP contribution is 2.25. The normalized spacial score (nSPS) is 10.4. The van der Waals surface area contributed by atoms with Gasteiger partial charge in [0.15, 0.2) is 0 Å². The first kappa shape index (κ1) is 8.69. The molecule has 0 saturated carbocycles. The second-order valence-corrected chi connectivity index (χ2v) is 3.26. The average molecular weight is 187 g/mol. The van der Waals surface area contributed by atoms with Crippen molar-refractivity contribution in [1.82, 2.24) is 0 Å². The fraction of sp³-hybridized carbons (Fsp3) is 0.0909. The van der Waals surface area contributed by atoms with Crippen LogP contribution in [0.25, 0.3) is 10.8 Å². The van der Waals surface area contributed by atoms with Crippen molar-refractivity contribution >= 4 is 16.5 Å². The van der Waals surface area contributed by atoms with Gasteiger partial charge in [-0.2, -0.15) is 0 Å². The van der Waals surface area contributed by atoms with Crippen LogP contribution in [0.1, 0.15) is 5.56 Å². The number of nitro groups is 1. The van der Waals surface area contributed by atoms with Gasteiger partial charge in [-0.1, -0.05) is 29.8 Å². The van der Waals surface area contributed by atoms with E-state index in [0.717, 1.165) is 10.9 Å². The largest absolute Gasteiger partial charge is 0.277 e. The zero-order chi connectivity index (χ0) is 10.1. The predicted molar refractivity (Wildman–Crippen MR) is 55.3 cm³/mol. The number of hydrogen-bond donors (Lipinski definition) is 0. The Morgan fingerprint density at radius 1 is 1.21 bits per heavy atom. The molecule has 3 heteroatoms. The SMILES string of the molecule is Cc1ccc2cccc([N+](=O)[O-])c2c1. The first-order valence-electron chi connectivity index (χ1n) is 4.32. The van der Waals surface area contributed by atoms with Crippen molar-refractivity contribution < 1.29 is 4.92 Å². The van der Waals surface area contributed by atoms with Gasteiger partial charge < -0.3 is 0 Å². The van der Waals surface area contributed by atoms with Crippen LogP contribution in [0.2, 0.25) is 0 Å². The van der Waals surface area contributed by atoms with E-state index in [1.165, 1.54) is 6.07 Å². The van der Waals surface area contributed by atoms with Crippen LogP contribution < -0.4 is 0 Å². The Hall–Kier alpha value is -1.90. The van der Waals surface area contributed by atoms with Crippen molar-refractivity contribution in [2.24, 2.45) is 0 Å². The van der Waals surface area contributed by atoms with Crippen LogP contribution >= 0.6 is 0 Å². The summed E-state index contributed by atoms with van der Waals surface area (Å²) in [6.45, 7) is 1.93. The number of rotatable bonds is 1. The summed E-state index contributed by atoms with van der Waals surface area (Å²) < 4.78 is 0. The van der Waals surface area contributed by atoms with Crippen molar-refractivity contribution in [2.45, 2.75) is 6.92 Å². The van der Waals surface area contributed by atoms with Gasteiger partial charge in [-0.3, -0.25) is 10.1 Å². The van der Waals surface area contributed by atoms with Crippen LogP contribution in [-0.4, -0.2) is 4.92 Å². The molecule has 0 atom stereocenters. The molecule has 0 saturated heterocycles. The van der Waals surface area contributed by atoms with Gasteiger partial charge in [0.25, 0.3) is 5.69 Å². The fourth-order valence-corrected chi connectivity index (χ4v) is 1.53. The number of aryl methyl sites for hydroxylation is 1. The Morgan fingerprint density at radius 3 is 2.71 bits per heavy atom. The van der Waals surface area contributed by atoms with E-state index in [9.17, 15) is 10.1 Å². The molecule has 0 spiro atoms. The Morgan fingerprint density at radius 2 is 2.00 bits per heavy atom.